The molecule has 0 saturated heterocycles. The number of aromatic hydroxyl groups is 1. The Morgan fingerprint density at radius 3 is 2.41 bits per heavy atom. The number of carbonyl (C=O) groups is 2. The van der Waals surface area contributed by atoms with Crippen LogP contribution in [0.5, 0.6) is 11.5 Å². The Morgan fingerprint density at radius 1 is 1.09 bits per heavy atom. The fraction of sp³-hybridized carbons (Fsp3) is 0.519. The second kappa shape index (κ2) is 13.7. The van der Waals surface area contributed by atoms with Gasteiger partial charge in [0.25, 0.3) is 0 Å². The van der Waals surface area contributed by atoms with Crippen molar-refractivity contribution in [2.75, 3.05) is 13.7 Å². The molecule has 1 aromatic heterocycles. The largest absolute Gasteiger partial charge is 0.503 e. The third kappa shape index (κ3) is 7.55. The van der Waals surface area contributed by atoms with Gasteiger partial charge in [0, 0.05) is 31.2 Å². The lowest BCUT2D eigenvalue weighted by Crippen LogP contribution is -2.37. The molecule has 7 heteroatoms. The fourth-order valence-electron chi connectivity index (χ4n) is 3.95. The monoisotopic (exact) mass is 471 g/mol. The van der Waals surface area contributed by atoms with Crippen LogP contribution < -0.4 is 4.74 Å². The first-order valence-electron chi connectivity index (χ1n) is 11.9. The van der Waals surface area contributed by atoms with E-state index in [0.29, 0.717) is 13.0 Å². The van der Waals surface area contributed by atoms with E-state index >= 15 is 0 Å². The van der Waals surface area contributed by atoms with E-state index in [4.69, 9.17) is 14.2 Å². The van der Waals surface area contributed by atoms with E-state index in [1.165, 1.54) is 19.4 Å². The van der Waals surface area contributed by atoms with E-state index in [2.05, 4.69) is 31.0 Å². The van der Waals surface area contributed by atoms with Crippen LogP contribution in [0.3, 0.4) is 0 Å². The zero-order valence-corrected chi connectivity index (χ0v) is 20.8. The molecule has 0 radical (unpaired) electrons. The predicted molar refractivity (Wildman–Crippen MR) is 130 cm³/mol. The second-order valence-electron chi connectivity index (χ2n) is 8.55. The van der Waals surface area contributed by atoms with Gasteiger partial charge in [0.1, 0.15) is 6.10 Å². The lowest BCUT2D eigenvalue weighted by Gasteiger charge is -2.32. The van der Waals surface area contributed by atoms with Gasteiger partial charge in [-0.05, 0) is 31.7 Å². The molecule has 0 aliphatic heterocycles. The molecule has 34 heavy (non-hydrogen) atoms. The maximum atomic E-state index is 12.9. The van der Waals surface area contributed by atoms with E-state index in [-0.39, 0.29) is 35.6 Å². The molecule has 0 aliphatic carbocycles. The molecule has 1 N–H and O–H groups in total. The average molecular weight is 472 g/mol. The molecule has 2 aromatic rings. The Hall–Kier alpha value is -2.93. The summed E-state index contributed by atoms with van der Waals surface area (Å²) in [5.41, 5.74) is 1.03. The summed E-state index contributed by atoms with van der Waals surface area (Å²) >= 11 is 0. The summed E-state index contributed by atoms with van der Waals surface area (Å²) in [6.45, 7) is 8.30. The molecule has 1 heterocycles. The average Bonchev–Trinajstić information content (AvgIpc) is 2.84. The molecule has 0 fully saturated rings. The normalized spacial score (nSPS) is 14.6. The number of rotatable bonds is 14. The maximum absolute atomic E-state index is 12.9. The van der Waals surface area contributed by atoms with Gasteiger partial charge >= 0.3 is 5.97 Å². The van der Waals surface area contributed by atoms with Crippen LogP contribution in [0.15, 0.2) is 42.6 Å². The van der Waals surface area contributed by atoms with Crippen molar-refractivity contribution >= 4 is 11.8 Å². The van der Waals surface area contributed by atoms with Gasteiger partial charge < -0.3 is 19.3 Å². The van der Waals surface area contributed by atoms with Gasteiger partial charge in [0.15, 0.2) is 23.0 Å². The lowest BCUT2D eigenvalue weighted by molar-refractivity contribution is -0.158. The molecule has 1 aromatic carbocycles. The van der Waals surface area contributed by atoms with Crippen LogP contribution in [-0.4, -0.2) is 47.8 Å². The molecule has 0 unspecified atom stereocenters. The van der Waals surface area contributed by atoms with Gasteiger partial charge in [-0.2, -0.15) is 0 Å². The van der Waals surface area contributed by atoms with Crippen LogP contribution in [0, 0.1) is 11.8 Å². The first kappa shape index (κ1) is 27.3. The third-order valence-electron chi connectivity index (χ3n) is 5.90. The SMILES string of the molecule is CCCO[C@H](CC)[C@@H](Cc1ccccc1)[C@H](C)OC(=O)[C@@H](C)CC(=O)c1nccc(OC)c1O. The molecule has 2 rings (SSSR count). The van der Waals surface area contributed by atoms with Crippen LogP contribution in [0.2, 0.25) is 0 Å². The summed E-state index contributed by atoms with van der Waals surface area (Å²) in [6, 6.07) is 11.5. The van der Waals surface area contributed by atoms with Crippen LogP contribution in [-0.2, 0) is 20.7 Å². The number of ketones is 1. The molecule has 0 spiro atoms. The summed E-state index contributed by atoms with van der Waals surface area (Å²) in [5.74, 6) is -1.82. The highest BCUT2D eigenvalue weighted by Gasteiger charge is 2.31. The Morgan fingerprint density at radius 2 is 1.79 bits per heavy atom. The molecule has 7 nitrogen and oxygen atoms in total. The molecule has 0 aliphatic rings. The standard InChI is InChI=1S/C27H37NO6/c1-6-15-33-23(7-2)21(17-20-11-9-8-10-12-20)19(4)34-27(31)18(3)16-22(29)25-26(30)24(32-5)13-14-28-25/h8-14,18-19,21,23,30H,6-7,15-17H2,1-5H3/t18-,19-,21-,23+/m0/s1. The Labute approximate surface area is 202 Å². The number of aromatic nitrogens is 1. The zero-order chi connectivity index (χ0) is 25.1. The number of pyridine rings is 1. The summed E-state index contributed by atoms with van der Waals surface area (Å²) in [5, 5.41) is 10.2. The molecule has 0 saturated carbocycles. The van der Waals surface area contributed by atoms with E-state index in [1.807, 2.05) is 25.1 Å². The molecule has 186 valence electrons. The summed E-state index contributed by atoms with van der Waals surface area (Å²) < 4.78 is 17.0. The summed E-state index contributed by atoms with van der Waals surface area (Å²) in [6.07, 6.45) is 3.21. The highest BCUT2D eigenvalue weighted by Crippen LogP contribution is 2.29. The minimum atomic E-state index is -0.698. The highest BCUT2D eigenvalue weighted by molar-refractivity contribution is 5.99. The first-order chi connectivity index (χ1) is 16.3. The van der Waals surface area contributed by atoms with Crippen molar-refractivity contribution < 1.29 is 28.9 Å². The van der Waals surface area contributed by atoms with Gasteiger partial charge in [-0.25, -0.2) is 4.98 Å². The van der Waals surface area contributed by atoms with Crippen molar-refractivity contribution in [3.05, 3.63) is 53.9 Å². The number of methoxy groups -OCH3 is 1. The Bertz CT molecular complexity index is 917. The quantitative estimate of drug-likeness (QED) is 0.306. The number of nitrogens with zero attached hydrogens (tertiary/aromatic N) is 1. The molecular weight excluding hydrogens is 434 g/mol. The van der Waals surface area contributed by atoms with E-state index in [1.54, 1.807) is 6.92 Å². The van der Waals surface area contributed by atoms with Gasteiger partial charge in [0.2, 0.25) is 0 Å². The number of benzene rings is 1. The van der Waals surface area contributed by atoms with E-state index in [0.717, 1.165) is 18.4 Å². The van der Waals surface area contributed by atoms with Gasteiger partial charge in [-0.3, -0.25) is 9.59 Å². The number of carbonyl (C=O) groups excluding carboxylic acids is 2. The van der Waals surface area contributed by atoms with Crippen LogP contribution >= 0.6 is 0 Å². The Balaban J connectivity index is 2.09. The van der Waals surface area contributed by atoms with Crippen molar-refractivity contribution in [3.63, 3.8) is 0 Å². The topological polar surface area (TPSA) is 95.0 Å². The predicted octanol–water partition coefficient (Wildman–Crippen LogP) is 5.00. The van der Waals surface area contributed by atoms with Crippen molar-refractivity contribution in [2.45, 2.75) is 65.6 Å². The van der Waals surface area contributed by atoms with Crippen molar-refractivity contribution in [1.82, 2.24) is 4.98 Å². The number of ether oxygens (including phenoxy) is 3. The number of Topliss-reactive ketones (excluding diaryl/α,β-unsaturated/α-hetero) is 1. The summed E-state index contributed by atoms with van der Waals surface area (Å²) in [7, 11) is 1.39. The summed E-state index contributed by atoms with van der Waals surface area (Å²) in [4.78, 5) is 29.5. The number of esters is 1. The maximum Gasteiger partial charge on any atom is 0.309 e. The smallest absolute Gasteiger partial charge is 0.309 e. The van der Waals surface area contributed by atoms with Crippen molar-refractivity contribution in [2.24, 2.45) is 11.8 Å². The number of hydrogen-bond donors (Lipinski definition) is 1. The fourth-order valence-corrected chi connectivity index (χ4v) is 3.95. The minimum absolute atomic E-state index is 0.0325. The number of hydrogen-bond acceptors (Lipinski definition) is 7. The highest BCUT2D eigenvalue weighted by atomic mass is 16.5. The van der Waals surface area contributed by atoms with Crippen LogP contribution in [0.25, 0.3) is 0 Å². The minimum Gasteiger partial charge on any atom is -0.503 e. The first-order valence-corrected chi connectivity index (χ1v) is 11.9. The molecule has 0 bridgehead atoms. The van der Waals surface area contributed by atoms with Gasteiger partial charge in [-0.1, -0.05) is 51.1 Å². The molecule has 4 atom stereocenters. The van der Waals surface area contributed by atoms with Crippen LogP contribution in [0.1, 0.15) is 63.0 Å². The van der Waals surface area contributed by atoms with Crippen LogP contribution in [0.4, 0.5) is 0 Å². The second-order valence-corrected chi connectivity index (χ2v) is 8.55. The molecule has 0 amide bonds. The third-order valence-corrected chi connectivity index (χ3v) is 5.90. The van der Waals surface area contributed by atoms with Crippen molar-refractivity contribution in [1.29, 1.82) is 0 Å². The van der Waals surface area contributed by atoms with E-state index in [9.17, 15) is 14.7 Å². The van der Waals surface area contributed by atoms with Gasteiger partial charge in [0.05, 0.1) is 19.1 Å². The zero-order valence-electron chi connectivity index (χ0n) is 20.8. The lowest BCUT2D eigenvalue weighted by atomic mass is 9.88. The van der Waals surface area contributed by atoms with E-state index < -0.39 is 23.8 Å². The molecular formula is C27H37NO6. The van der Waals surface area contributed by atoms with Gasteiger partial charge in [-0.15, -0.1) is 0 Å². The Kier molecular flexibility index (Phi) is 11.0. The van der Waals surface area contributed by atoms with Crippen molar-refractivity contribution in [3.8, 4) is 11.5 Å².